The Morgan fingerprint density at radius 1 is 1.29 bits per heavy atom. The first-order valence-electron chi connectivity index (χ1n) is 4.71. The predicted octanol–water partition coefficient (Wildman–Crippen LogP) is 2.69. The first kappa shape index (κ1) is 10.9. The molecule has 1 rings (SSSR count). The van der Waals surface area contributed by atoms with Crippen molar-refractivity contribution >= 4 is 23.1 Å². The van der Waals surface area contributed by atoms with Gasteiger partial charge in [0, 0.05) is 12.2 Å². The van der Waals surface area contributed by atoms with Crippen LogP contribution in [0.25, 0.3) is 0 Å². The molecule has 0 bridgehead atoms. The molecule has 0 amide bonds. The van der Waals surface area contributed by atoms with Gasteiger partial charge in [0.25, 0.3) is 0 Å². The fourth-order valence-corrected chi connectivity index (χ4v) is 1.41. The van der Waals surface area contributed by atoms with Crippen molar-refractivity contribution in [2.45, 2.75) is 19.3 Å². The highest BCUT2D eigenvalue weighted by Gasteiger charge is 1.96. The van der Waals surface area contributed by atoms with Gasteiger partial charge in [0.1, 0.15) is 0 Å². The molecule has 2 nitrogen and oxygen atoms in total. The van der Waals surface area contributed by atoms with Gasteiger partial charge in [-0.3, -0.25) is 0 Å². The van der Waals surface area contributed by atoms with E-state index in [-0.39, 0.29) is 0 Å². The summed E-state index contributed by atoms with van der Waals surface area (Å²) in [6.07, 6.45) is 3.15. The minimum Gasteiger partial charge on any atom is -0.399 e. The molecule has 0 spiro atoms. The lowest BCUT2D eigenvalue weighted by molar-refractivity contribution is 0.749. The molecular weight excluding hydrogens is 192 g/mol. The van der Waals surface area contributed by atoms with E-state index in [2.05, 4.69) is 28.4 Å². The van der Waals surface area contributed by atoms with Gasteiger partial charge in [-0.2, -0.15) is 0 Å². The lowest BCUT2D eigenvalue weighted by Crippen LogP contribution is -1.94. The molecule has 0 aliphatic rings. The maximum absolute atomic E-state index is 5.81. The molecular formula is C11H14N2S. The zero-order valence-electron chi connectivity index (χ0n) is 8.07. The highest BCUT2D eigenvalue weighted by molar-refractivity contribution is 7.78. The maximum atomic E-state index is 5.81. The molecule has 0 aliphatic heterocycles. The van der Waals surface area contributed by atoms with Crippen LogP contribution in [0.2, 0.25) is 0 Å². The number of aliphatic imine (C=N–C) groups is 1. The molecule has 1 aromatic rings. The van der Waals surface area contributed by atoms with Gasteiger partial charge in [0.2, 0.25) is 0 Å². The third-order valence-corrected chi connectivity index (χ3v) is 2.21. The number of hydrogen-bond acceptors (Lipinski definition) is 3. The van der Waals surface area contributed by atoms with Crippen LogP contribution in [-0.2, 0) is 6.42 Å². The summed E-state index contributed by atoms with van der Waals surface area (Å²) in [4.78, 5) is 3.86. The smallest absolute Gasteiger partial charge is 0.0584 e. The Balaban J connectivity index is 2.31. The Morgan fingerprint density at radius 2 is 2.07 bits per heavy atom. The number of unbranched alkanes of at least 4 members (excludes halogenated alkanes) is 1. The standard InChI is InChI=1S/C11H14N2S/c12-11-7-2-1-5-10(11)6-3-4-8-13-9-14/h1-2,5,7H,3-4,6,8,12H2. The SMILES string of the molecule is Nc1ccccc1CCCCN=C=S. The molecule has 0 saturated carbocycles. The van der Waals surface area contributed by atoms with Crippen molar-refractivity contribution in [3.63, 3.8) is 0 Å². The number of nitrogen functional groups attached to an aromatic ring is 1. The van der Waals surface area contributed by atoms with E-state index in [1.54, 1.807) is 0 Å². The van der Waals surface area contributed by atoms with Crippen LogP contribution in [0.15, 0.2) is 29.3 Å². The number of anilines is 1. The monoisotopic (exact) mass is 206 g/mol. The van der Waals surface area contributed by atoms with Crippen LogP contribution >= 0.6 is 12.2 Å². The summed E-state index contributed by atoms with van der Waals surface area (Å²) in [5.74, 6) is 0. The second kappa shape index (κ2) is 6.30. The zero-order chi connectivity index (χ0) is 10.2. The lowest BCUT2D eigenvalue weighted by Gasteiger charge is -2.03. The number of nitrogens with two attached hydrogens (primary N) is 1. The third-order valence-electron chi connectivity index (χ3n) is 2.09. The number of hydrogen-bond donors (Lipinski definition) is 1. The fourth-order valence-electron chi connectivity index (χ4n) is 1.31. The molecule has 2 N–H and O–H groups in total. The maximum Gasteiger partial charge on any atom is 0.0584 e. The minimum atomic E-state index is 0.774. The molecule has 74 valence electrons. The highest BCUT2D eigenvalue weighted by atomic mass is 32.1. The second-order valence-corrected chi connectivity index (χ2v) is 3.31. The largest absolute Gasteiger partial charge is 0.399 e. The van der Waals surface area contributed by atoms with E-state index in [4.69, 9.17) is 5.73 Å². The molecule has 3 heteroatoms. The summed E-state index contributed by atoms with van der Waals surface area (Å²) in [6, 6.07) is 7.97. The summed E-state index contributed by atoms with van der Waals surface area (Å²) >= 11 is 4.48. The molecule has 1 aromatic carbocycles. The molecule has 0 atom stereocenters. The van der Waals surface area contributed by atoms with E-state index in [0.717, 1.165) is 31.5 Å². The van der Waals surface area contributed by atoms with Crippen LogP contribution in [-0.4, -0.2) is 11.7 Å². The van der Waals surface area contributed by atoms with Gasteiger partial charge in [-0.1, -0.05) is 18.2 Å². The Bertz CT molecular complexity index is 330. The number of benzene rings is 1. The van der Waals surface area contributed by atoms with Crippen molar-refractivity contribution in [3.05, 3.63) is 29.8 Å². The van der Waals surface area contributed by atoms with Gasteiger partial charge >= 0.3 is 0 Å². The van der Waals surface area contributed by atoms with Crippen molar-refractivity contribution < 1.29 is 0 Å². The average molecular weight is 206 g/mol. The molecule has 0 aliphatic carbocycles. The first-order valence-corrected chi connectivity index (χ1v) is 5.12. The molecule has 14 heavy (non-hydrogen) atoms. The summed E-state index contributed by atoms with van der Waals surface area (Å²) in [6.45, 7) is 0.774. The summed E-state index contributed by atoms with van der Waals surface area (Å²) in [5.41, 5.74) is 7.91. The highest BCUT2D eigenvalue weighted by Crippen LogP contribution is 2.13. The predicted molar refractivity (Wildman–Crippen MR) is 63.7 cm³/mol. The average Bonchev–Trinajstić information content (AvgIpc) is 2.20. The van der Waals surface area contributed by atoms with Gasteiger partial charge in [-0.25, -0.2) is 4.99 Å². The summed E-state index contributed by atoms with van der Waals surface area (Å²) in [7, 11) is 0. The van der Waals surface area contributed by atoms with Crippen molar-refractivity contribution in [2.75, 3.05) is 12.3 Å². The number of aryl methyl sites for hydroxylation is 1. The van der Waals surface area contributed by atoms with E-state index >= 15 is 0 Å². The van der Waals surface area contributed by atoms with Crippen molar-refractivity contribution in [1.82, 2.24) is 0 Å². The zero-order valence-corrected chi connectivity index (χ0v) is 8.89. The second-order valence-electron chi connectivity index (χ2n) is 3.13. The number of rotatable bonds is 5. The summed E-state index contributed by atoms with van der Waals surface area (Å²) in [5, 5.41) is 2.36. The van der Waals surface area contributed by atoms with Gasteiger partial charge in [-0.05, 0) is 43.1 Å². The number of nitrogens with zero attached hydrogens (tertiary/aromatic N) is 1. The van der Waals surface area contributed by atoms with E-state index in [0.29, 0.717) is 0 Å². The van der Waals surface area contributed by atoms with Crippen LogP contribution in [0, 0.1) is 0 Å². The summed E-state index contributed by atoms with van der Waals surface area (Å²) < 4.78 is 0. The third kappa shape index (κ3) is 3.69. The molecule has 0 saturated heterocycles. The Hall–Kier alpha value is -1.18. The van der Waals surface area contributed by atoms with Gasteiger partial charge in [0.15, 0.2) is 0 Å². The Labute approximate surface area is 89.9 Å². The van der Waals surface area contributed by atoms with Crippen LogP contribution in [0.1, 0.15) is 18.4 Å². The molecule has 0 heterocycles. The van der Waals surface area contributed by atoms with Gasteiger partial charge in [0.05, 0.1) is 5.16 Å². The van der Waals surface area contributed by atoms with Crippen LogP contribution in [0.4, 0.5) is 5.69 Å². The van der Waals surface area contributed by atoms with Gasteiger partial charge < -0.3 is 5.73 Å². The van der Waals surface area contributed by atoms with E-state index < -0.39 is 0 Å². The van der Waals surface area contributed by atoms with Crippen LogP contribution < -0.4 is 5.73 Å². The molecule has 0 unspecified atom stereocenters. The lowest BCUT2D eigenvalue weighted by atomic mass is 10.1. The molecule has 0 fully saturated rings. The quantitative estimate of drug-likeness (QED) is 0.348. The fraction of sp³-hybridized carbons (Fsp3) is 0.364. The number of isothiocyanates is 1. The van der Waals surface area contributed by atoms with Crippen molar-refractivity contribution in [3.8, 4) is 0 Å². The van der Waals surface area contributed by atoms with Crippen LogP contribution in [0.3, 0.4) is 0 Å². The van der Waals surface area contributed by atoms with Crippen molar-refractivity contribution in [2.24, 2.45) is 4.99 Å². The van der Waals surface area contributed by atoms with E-state index in [1.165, 1.54) is 5.56 Å². The van der Waals surface area contributed by atoms with Gasteiger partial charge in [-0.15, -0.1) is 0 Å². The van der Waals surface area contributed by atoms with E-state index in [9.17, 15) is 0 Å². The normalized spacial score (nSPS) is 9.43. The topological polar surface area (TPSA) is 38.4 Å². The van der Waals surface area contributed by atoms with Crippen molar-refractivity contribution in [1.29, 1.82) is 0 Å². The number of para-hydroxylation sites is 1. The Morgan fingerprint density at radius 3 is 2.79 bits per heavy atom. The molecule has 0 aromatic heterocycles. The minimum absolute atomic E-state index is 0.774. The first-order chi connectivity index (χ1) is 6.84. The van der Waals surface area contributed by atoms with Crippen LogP contribution in [0.5, 0.6) is 0 Å². The number of thiocarbonyl (C=S) groups is 1. The Kier molecular flexibility index (Phi) is 4.90. The van der Waals surface area contributed by atoms with E-state index in [1.807, 2.05) is 18.2 Å². The molecule has 0 radical (unpaired) electrons.